The highest BCUT2D eigenvalue weighted by Gasteiger charge is 2.46. The third kappa shape index (κ3) is 3.42. The fourth-order valence-corrected chi connectivity index (χ4v) is 3.60. The number of nitro groups is 1. The van der Waals surface area contributed by atoms with E-state index in [1.54, 1.807) is 4.90 Å². The Kier molecular flexibility index (Phi) is 4.39. The number of hydrogen-bond acceptors (Lipinski definition) is 5. The lowest BCUT2D eigenvalue weighted by molar-refractivity contribution is -0.402. The van der Waals surface area contributed by atoms with Crippen LogP contribution in [0.1, 0.15) is 28.5 Å². The van der Waals surface area contributed by atoms with Crippen molar-refractivity contribution in [2.45, 2.75) is 12.3 Å². The van der Waals surface area contributed by atoms with Crippen LogP contribution in [0.15, 0.2) is 46.9 Å². The molecule has 0 spiro atoms. The van der Waals surface area contributed by atoms with Crippen LogP contribution in [0.4, 0.5) is 5.88 Å². The number of piperazine rings is 1. The molecule has 0 bridgehead atoms. The van der Waals surface area contributed by atoms with Crippen LogP contribution in [-0.2, 0) is 4.79 Å². The lowest BCUT2D eigenvalue weighted by atomic mass is 10.1. The number of nitrogens with zero attached hydrogens (tertiary/aromatic N) is 3. The zero-order valence-corrected chi connectivity index (χ0v) is 14.6. The minimum Gasteiger partial charge on any atom is -0.395 e. The van der Waals surface area contributed by atoms with Gasteiger partial charge in [0.25, 0.3) is 5.91 Å². The SMILES string of the molecule is O=C(c1ccc([N+](=O)[O-])o1)N1CCN(C(=O)[C@H]2C[C@H]2c2ccccc2)CC1. The highest BCUT2D eigenvalue weighted by Crippen LogP contribution is 2.48. The Morgan fingerprint density at radius 2 is 1.67 bits per heavy atom. The Morgan fingerprint density at radius 3 is 2.30 bits per heavy atom. The van der Waals surface area contributed by atoms with E-state index >= 15 is 0 Å². The van der Waals surface area contributed by atoms with Gasteiger partial charge in [-0.25, -0.2) is 0 Å². The molecule has 2 aliphatic rings. The van der Waals surface area contributed by atoms with Crippen LogP contribution in [0.25, 0.3) is 0 Å². The molecule has 1 aliphatic heterocycles. The maximum atomic E-state index is 12.7. The molecule has 8 heteroatoms. The fourth-order valence-electron chi connectivity index (χ4n) is 3.60. The number of rotatable bonds is 4. The summed E-state index contributed by atoms with van der Waals surface area (Å²) in [4.78, 5) is 38.5. The van der Waals surface area contributed by atoms with E-state index in [2.05, 4.69) is 12.1 Å². The first-order valence-corrected chi connectivity index (χ1v) is 8.92. The molecule has 4 rings (SSSR count). The molecule has 2 fully saturated rings. The number of carbonyl (C=O) groups is 2. The molecule has 0 radical (unpaired) electrons. The Labute approximate surface area is 155 Å². The fraction of sp³-hybridized carbons (Fsp3) is 0.368. The molecular weight excluding hydrogens is 350 g/mol. The van der Waals surface area contributed by atoms with Gasteiger partial charge in [-0.05, 0) is 24.0 Å². The van der Waals surface area contributed by atoms with Crippen molar-refractivity contribution in [3.05, 3.63) is 63.9 Å². The van der Waals surface area contributed by atoms with Crippen LogP contribution in [0, 0.1) is 16.0 Å². The number of hydrogen-bond donors (Lipinski definition) is 0. The topological polar surface area (TPSA) is 96.9 Å². The van der Waals surface area contributed by atoms with E-state index in [0.29, 0.717) is 32.1 Å². The summed E-state index contributed by atoms with van der Waals surface area (Å²) in [6.45, 7) is 1.71. The minimum absolute atomic E-state index is 0.0300. The van der Waals surface area contributed by atoms with Gasteiger partial charge >= 0.3 is 5.88 Å². The molecule has 0 N–H and O–H groups in total. The highest BCUT2D eigenvalue weighted by molar-refractivity contribution is 5.92. The van der Waals surface area contributed by atoms with Gasteiger partial charge in [0.15, 0.2) is 5.76 Å². The molecule has 1 saturated carbocycles. The van der Waals surface area contributed by atoms with Gasteiger partial charge in [0.2, 0.25) is 5.91 Å². The van der Waals surface area contributed by atoms with E-state index in [1.165, 1.54) is 17.7 Å². The van der Waals surface area contributed by atoms with Crippen molar-refractivity contribution < 1.29 is 18.9 Å². The molecule has 1 aromatic heterocycles. The second-order valence-corrected chi connectivity index (χ2v) is 6.87. The van der Waals surface area contributed by atoms with E-state index < -0.39 is 10.8 Å². The molecule has 2 aromatic rings. The summed E-state index contributed by atoms with van der Waals surface area (Å²) in [7, 11) is 0. The van der Waals surface area contributed by atoms with E-state index in [9.17, 15) is 19.7 Å². The van der Waals surface area contributed by atoms with Gasteiger partial charge in [0.1, 0.15) is 4.92 Å². The maximum absolute atomic E-state index is 12.7. The predicted molar refractivity (Wildman–Crippen MR) is 95.1 cm³/mol. The first-order chi connectivity index (χ1) is 13.0. The zero-order chi connectivity index (χ0) is 19.0. The number of carbonyl (C=O) groups excluding carboxylic acids is 2. The van der Waals surface area contributed by atoms with Crippen LogP contribution in [-0.4, -0.2) is 52.7 Å². The average Bonchev–Trinajstić information content (AvgIpc) is 3.34. The summed E-state index contributed by atoms with van der Waals surface area (Å²) in [5, 5.41) is 10.7. The monoisotopic (exact) mass is 369 g/mol. The second kappa shape index (κ2) is 6.86. The Balaban J connectivity index is 1.32. The van der Waals surface area contributed by atoms with Crippen LogP contribution in [0.3, 0.4) is 0 Å². The summed E-state index contributed by atoms with van der Waals surface area (Å²) in [6, 6.07) is 12.5. The molecule has 1 saturated heterocycles. The van der Waals surface area contributed by atoms with Gasteiger partial charge in [0, 0.05) is 32.1 Å². The molecule has 2 atom stereocenters. The van der Waals surface area contributed by atoms with E-state index in [0.717, 1.165) is 6.42 Å². The number of benzene rings is 1. The van der Waals surface area contributed by atoms with Gasteiger partial charge in [-0.2, -0.15) is 0 Å². The Hall–Kier alpha value is -3.16. The first-order valence-electron chi connectivity index (χ1n) is 8.92. The van der Waals surface area contributed by atoms with Gasteiger partial charge in [-0.3, -0.25) is 19.7 Å². The van der Waals surface area contributed by atoms with Gasteiger partial charge < -0.3 is 14.2 Å². The number of amides is 2. The molecule has 27 heavy (non-hydrogen) atoms. The summed E-state index contributed by atoms with van der Waals surface area (Å²) in [5.41, 5.74) is 1.20. The molecule has 1 aliphatic carbocycles. The predicted octanol–water partition coefficient (Wildman–Crippen LogP) is 2.28. The zero-order valence-electron chi connectivity index (χ0n) is 14.6. The van der Waals surface area contributed by atoms with Gasteiger partial charge in [0.05, 0.1) is 6.07 Å². The molecule has 2 heterocycles. The summed E-state index contributed by atoms with van der Waals surface area (Å²) in [5.74, 6) is -0.418. The third-order valence-corrected chi connectivity index (χ3v) is 5.20. The van der Waals surface area contributed by atoms with Gasteiger partial charge in [-0.1, -0.05) is 30.3 Å². The average molecular weight is 369 g/mol. The summed E-state index contributed by atoms with van der Waals surface area (Å²) >= 11 is 0. The van der Waals surface area contributed by atoms with E-state index in [4.69, 9.17) is 4.42 Å². The Morgan fingerprint density at radius 1 is 1.00 bits per heavy atom. The van der Waals surface area contributed by atoms with Crippen molar-refractivity contribution in [3.63, 3.8) is 0 Å². The molecule has 8 nitrogen and oxygen atoms in total. The Bertz CT molecular complexity index is 870. The lowest BCUT2D eigenvalue weighted by Crippen LogP contribution is -2.51. The highest BCUT2D eigenvalue weighted by atomic mass is 16.6. The molecule has 2 amide bonds. The minimum atomic E-state index is -0.674. The second-order valence-electron chi connectivity index (χ2n) is 6.87. The summed E-state index contributed by atoms with van der Waals surface area (Å²) < 4.78 is 4.97. The standard InChI is InChI=1S/C19H19N3O5/c23-18(15-12-14(15)13-4-2-1-3-5-13)20-8-10-21(11-9-20)19(24)16-6-7-17(27-16)22(25)26/h1-7,14-15H,8-12H2/t14-,15-/m0/s1. The van der Waals surface area contributed by atoms with Crippen LogP contribution in [0.2, 0.25) is 0 Å². The molecular formula is C19H19N3O5. The van der Waals surface area contributed by atoms with Crippen molar-refractivity contribution >= 4 is 17.7 Å². The molecule has 0 unspecified atom stereocenters. The summed E-state index contributed by atoms with van der Waals surface area (Å²) in [6.07, 6.45) is 0.873. The normalized spacial score (nSPS) is 21.8. The van der Waals surface area contributed by atoms with Crippen molar-refractivity contribution in [2.24, 2.45) is 5.92 Å². The van der Waals surface area contributed by atoms with Crippen LogP contribution >= 0.6 is 0 Å². The maximum Gasteiger partial charge on any atom is 0.433 e. The van der Waals surface area contributed by atoms with Crippen molar-refractivity contribution in [1.29, 1.82) is 0 Å². The van der Waals surface area contributed by atoms with Gasteiger partial charge in [-0.15, -0.1) is 0 Å². The first kappa shape index (κ1) is 17.3. The van der Waals surface area contributed by atoms with Crippen LogP contribution < -0.4 is 0 Å². The number of furan rings is 1. The smallest absolute Gasteiger partial charge is 0.395 e. The quantitative estimate of drug-likeness (QED) is 0.608. The van der Waals surface area contributed by atoms with Crippen LogP contribution in [0.5, 0.6) is 0 Å². The van der Waals surface area contributed by atoms with E-state index in [-0.39, 0.29) is 23.5 Å². The molecule has 1 aromatic carbocycles. The van der Waals surface area contributed by atoms with Crippen molar-refractivity contribution in [2.75, 3.05) is 26.2 Å². The third-order valence-electron chi connectivity index (χ3n) is 5.20. The lowest BCUT2D eigenvalue weighted by Gasteiger charge is -2.34. The van der Waals surface area contributed by atoms with Crippen molar-refractivity contribution in [3.8, 4) is 0 Å². The molecule has 140 valence electrons. The van der Waals surface area contributed by atoms with Crippen molar-refractivity contribution in [1.82, 2.24) is 9.80 Å². The van der Waals surface area contributed by atoms with E-state index in [1.807, 2.05) is 23.1 Å². The largest absolute Gasteiger partial charge is 0.433 e.